The van der Waals surface area contributed by atoms with Crippen molar-refractivity contribution in [3.05, 3.63) is 45.5 Å². The van der Waals surface area contributed by atoms with Gasteiger partial charge in [0.15, 0.2) is 11.5 Å². The molecule has 0 atom stereocenters. The van der Waals surface area contributed by atoms with E-state index in [2.05, 4.69) is 10.3 Å². The second-order valence-corrected chi connectivity index (χ2v) is 3.85. The van der Waals surface area contributed by atoms with Gasteiger partial charge in [-0.1, -0.05) is 12.1 Å². The van der Waals surface area contributed by atoms with Crippen LogP contribution in [0.15, 0.2) is 18.2 Å². The van der Waals surface area contributed by atoms with Crippen LogP contribution >= 0.6 is 0 Å². The normalized spacial score (nSPS) is 10.5. The smallest absolute Gasteiger partial charge is 0.358 e. The number of aromatic carboxylic acids is 1. The molecule has 2 rings (SSSR count). The molecule has 8 nitrogen and oxygen atoms in total. The molecule has 0 aliphatic carbocycles. The van der Waals surface area contributed by atoms with Crippen molar-refractivity contribution < 1.29 is 19.2 Å². The predicted molar refractivity (Wildman–Crippen MR) is 64.3 cm³/mol. The monoisotopic (exact) mass is 280 g/mol. The molecule has 0 radical (unpaired) electrons. The number of nitro groups is 1. The summed E-state index contributed by atoms with van der Waals surface area (Å²) in [6.45, 7) is 1.67. The van der Waals surface area contributed by atoms with Gasteiger partial charge in [-0.3, -0.25) is 10.1 Å². The first-order chi connectivity index (χ1) is 9.45. The number of carboxylic acid groups (broad SMARTS) is 1. The Morgan fingerprint density at radius 2 is 2.25 bits per heavy atom. The molecule has 2 aromatic rings. The number of carboxylic acids is 1. The SMILES string of the molecule is CCc1c(C(=O)O)nnn1-c1ccc([N+](=O)[O-])cc1F. The molecule has 1 heterocycles. The van der Waals surface area contributed by atoms with E-state index in [0.717, 1.165) is 22.9 Å². The first kappa shape index (κ1) is 13.6. The second-order valence-electron chi connectivity index (χ2n) is 3.85. The third-order valence-electron chi connectivity index (χ3n) is 2.67. The third-order valence-corrected chi connectivity index (χ3v) is 2.67. The van der Waals surface area contributed by atoms with Crippen LogP contribution in [0.5, 0.6) is 0 Å². The van der Waals surface area contributed by atoms with Crippen LogP contribution in [0.3, 0.4) is 0 Å². The molecule has 0 amide bonds. The van der Waals surface area contributed by atoms with Gasteiger partial charge < -0.3 is 5.11 Å². The molecule has 0 aliphatic heterocycles. The van der Waals surface area contributed by atoms with E-state index in [9.17, 15) is 19.3 Å². The minimum atomic E-state index is -1.27. The standard InChI is InChI=1S/C11H9FN4O4/c1-2-8-10(11(17)18)13-14-15(8)9-4-3-6(16(19)20)5-7(9)12/h3-5H,2H2,1H3,(H,17,18). The maximum absolute atomic E-state index is 13.9. The third kappa shape index (κ3) is 2.20. The number of carbonyl (C=O) groups is 1. The van der Waals surface area contributed by atoms with E-state index >= 15 is 0 Å². The number of benzene rings is 1. The fourth-order valence-corrected chi connectivity index (χ4v) is 1.76. The molecule has 0 bridgehead atoms. The van der Waals surface area contributed by atoms with E-state index in [1.165, 1.54) is 0 Å². The van der Waals surface area contributed by atoms with Crippen molar-refractivity contribution in [2.24, 2.45) is 0 Å². The fourth-order valence-electron chi connectivity index (χ4n) is 1.76. The molecule has 0 saturated heterocycles. The summed E-state index contributed by atoms with van der Waals surface area (Å²) >= 11 is 0. The highest BCUT2D eigenvalue weighted by molar-refractivity contribution is 5.86. The van der Waals surface area contributed by atoms with Gasteiger partial charge in [-0.2, -0.15) is 0 Å². The Balaban J connectivity index is 2.57. The molecule has 1 aromatic carbocycles. The zero-order valence-corrected chi connectivity index (χ0v) is 10.3. The Kier molecular flexibility index (Phi) is 3.42. The highest BCUT2D eigenvalue weighted by Crippen LogP contribution is 2.21. The number of halogens is 1. The summed E-state index contributed by atoms with van der Waals surface area (Å²) in [5, 5.41) is 26.6. The molecule has 0 aliphatic rings. The Bertz CT molecular complexity index is 698. The van der Waals surface area contributed by atoms with Crippen LogP contribution in [0.2, 0.25) is 0 Å². The Labute approximate surface area is 111 Å². The maximum Gasteiger partial charge on any atom is 0.358 e. The van der Waals surface area contributed by atoms with Gasteiger partial charge in [0.25, 0.3) is 5.69 Å². The summed E-state index contributed by atoms with van der Waals surface area (Å²) in [4.78, 5) is 20.8. The summed E-state index contributed by atoms with van der Waals surface area (Å²) in [5.74, 6) is -2.15. The van der Waals surface area contributed by atoms with E-state index in [-0.39, 0.29) is 23.5 Å². The zero-order valence-electron chi connectivity index (χ0n) is 10.3. The van der Waals surface area contributed by atoms with E-state index in [1.54, 1.807) is 6.92 Å². The molecule has 9 heteroatoms. The van der Waals surface area contributed by atoms with Crippen molar-refractivity contribution in [3.8, 4) is 5.69 Å². The highest BCUT2D eigenvalue weighted by atomic mass is 19.1. The lowest BCUT2D eigenvalue weighted by atomic mass is 10.2. The second kappa shape index (κ2) is 5.03. The molecule has 0 spiro atoms. The van der Waals surface area contributed by atoms with Crippen LogP contribution in [0, 0.1) is 15.9 Å². The zero-order chi connectivity index (χ0) is 14.9. The minimum Gasteiger partial charge on any atom is -0.476 e. The van der Waals surface area contributed by atoms with Crippen molar-refractivity contribution in [1.82, 2.24) is 15.0 Å². The number of hydrogen-bond acceptors (Lipinski definition) is 5. The van der Waals surface area contributed by atoms with Crippen molar-refractivity contribution in [2.45, 2.75) is 13.3 Å². The van der Waals surface area contributed by atoms with E-state index in [0.29, 0.717) is 0 Å². The largest absolute Gasteiger partial charge is 0.476 e. The predicted octanol–water partition coefficient (Wildman–Crippen LogP) is 1.58. The van der Waals surface area contributed by atoms with Crippen LogP contribution in [-0.2, 0) is 6.42 Å². The van der Waals surface area contributed by atoms with Crippen LogP contribution in [0.25, 0.3) is 5.69 Å². The van der Waals surface area contributed by atoms with Gasteiger partial charge in [-0.05, 0) is 12.5 Å². The number of rotatable bonds is 4. The molecule has 1 N–H and O–H groups in total. The number of nitrogens with zero attached hydrogens (tertiary/aromatic N) is 4. The van der Waals surface area contributed by atoms with Crippen molar-refractivity contribution in [3.63, 3.8) is 0 Å². The fraction of sp³-hybridized carbons (Fsp3) is 0.182. The molecular formula is C11H9FN4O4. The number of aromatic nitrogens is 3. The van der Waals surface area contributed by atoms with Gasteiger partial charge in [0.2, 0.25) is 0 Å². The topological polar surface area (TPSA) is 111 Å². The van der Waals surface area contributed by atoms with Gasteiger partial charge in [0, 0.05) is 6.07 Å². The molecule has 0 unspecified atom stereocenters. The highest BCUT2D eigenvalue weighted by Gasteiger charge is 2.21. The van der Waals surface area contributed by atoms with Gasteiger partial charge in [0.1, 0.15) is 5.69 Å². The molecule has 104 valence electrons. The quantitative estimate of drug-likeness (QED) is 0.672. The average Bonchev–Trinajstić information content (AvgIpc) is 2.82. The summed E-state index contributed by atoms with van der Waals surface area (Å²) in [7, 11) is 0. The first-order valence-electron chi connectivity index (χ1n) is 5.57. The average molecular weight is 280 g/mol. The van der Waals surface area contributed by atoms with E-state index < -0.39 is 22.4 Å². The molecule has 1 aromatic heterocycles. The summed E-state index contributed by atoms with van der Waals surface area (Å²) in [6, 6.07) is 3.02. The molecule has 0 fully saturated rings. The lowest BCUT2D eigenvalue weighted by Crippen LogP contribution is -2.07. The molecule has 0 saturated carbocycles. The lowest BCUT2D eigenvalue weighted by Gasteiger charge is -2.06. The Morgan fingerprint density at radius 3 is 2.75 bits per heavy atom. The summed E-state index contributed by atoms with van der Waals surface area (Å²) < 4.78 is 14.9. The van der Waals surface area contributed by atoms with Gasteiger partial charge in [-0.15, -0.1) is 5.10 Å². The minimum absolute atomic E-state index is 0.0903. The summed E-state index contributed by atoms with van der Waals surface area (Å²) in [5.41, 5.74) is -0.550. The van der Waals surface area contributed by atoms with Crippen LogP contribution in [0.1, 0.15) is 23.1 Å². The van der Waals surface area contributed by atoms with Crippen LogP contribution < -0.4 is 0 Å². The molecular weight excluding hydrogens is 271 g/mol. The number of non-ortho nitro benzene ring substituents is 1. The maximum atomic E-state index is 13.9. The summed E-state index contributed by atoms with van der Waals surface area (Å²) in [6.07, 6.45) is 0.269. The molecule has 20 heavy (non-hydrogen) atoms. The van der Waals surface area contributed by atoms with E-state index in [4.69, 9.17) is 5.11 Å². The van der Waals surface area contributed by atoms with Crippen molar-refractivity contribution in [2.75, 3.05) is 0 Å². The first-order valence-corrected chi connectivity index (χ1v) is 5.57. The Hall–Kier alpha value is -2.84. The lowest BCUT2D eigenvalue weighted by molar-refractivity contribution is -0.385. The van der Waals surface area contributed by atoms with Crippen LogP contribution in [-0.4, -0.2) is 31.0 Å². The van der Waals surface area contributed by atoms with Gasteiger partial charge in [0.05, 0.1) is 16.7 Å². The van der Waals surface area contributed by atoms with Crippen molar-refractivity contribution in [1.29, 1.82) is 0 Å². The van der Waals surface area contributed by atoms with Crippen molar-refractivity contribution >= 4 is 11.7 Å². The number of hydrogen-bond donors (Lipinski definition) is 1. The van der Waals surface area contributed by atoms with E-state index in [1.807, 2.05) is 0 Å². The Morgan fingerprint density at radius 1 is 1.55 bits per heavy atom. The number of nitro benzene ring substituents is 1. The van der Waals surface area contributed by atoms with Gasteiger partial charge >= 0.3 is 5.97 Å². The van der Waals surface area contributed by atoms with Crippen LogP contribution in [0.4, 0.5) is 10.1 Å². The van der Waals surface area contributed by atoms with Gasteiger partial charge in [-0.25, -0.2) is 13.9 Å².